The Bertz CT molecular complexity index is 247. The molecule has 0 rings (SSSR count). The van der Waals surface area contributed by atoms with E-state index in [4.69, 9.17) is 25.5 Å². The van der Waals surface area contributed by atoms with Crippen LogP contribution in [0.25, 0.3) is 0 Å². The highest BCUT2D eigenvalue weighted by Crippen LogP contribution is 2.13. The summed E-state index contributed by atoms with van der Waals surface area (Å²) in [6.07, 6.45) is -5.02. The zero-order chi connectivity index (χ0) is 12.2. The van der Waals surface area contributed by atoms with E-state index in [-0.39, 0.29) is 6.42 Å². The van der Waals surface area contributed by atoms with Crippen LogP contribution in [0.4, 0.5) is 0 Å². The van der Waals surface area contributed by atoms with Gasteiger partial charge in [-0.3, -0.25) is 0 Å². The summed E-state index contributed by atoms with van der Waals surface area (Å²) < 4.78 is 4.15. The van der Waals surface area contributed by atoms with Crippen LogP contribution in [0.1, 0.15) is 13.3 Å². The Hall–Kier alpha value is -1.22. The van der Waals surface area contributed by atoms with Crippen molar-refractivity contribution in [1.29, 1.82) is 0 Å². The van der Waals surface area contributed by atoms with Gasteiger partial charge in [0.15, 0.2) is 12.2 Å². The van der Waals surface area contributed by atoms with E-state index >= 15 is 0 Å². The third-order valence-corrected chi connectivity index (χ3v) is 1.56. The first kappa shape index (κ1) is 13.8. The van der Waals surface area contributed by atoms with Crippen molar-refractivity contribution < 1.29 is 39.9 Å². The summed E-state index contributed by atoms with van der Waals surface area (Å²) in [6, 6.07) is 0. The van der Waals surface area contributed by atoms with E-state index in [1.54, 1.807) is 0 Å². The van der Waals surface area contributed by atoms with Gasteiger partial charge in [0, 0.05) is 6.42 Å². The van der Waals surface area contributed by atoms with Crippen LogP contribution in [0.3, 0.4) is 0 Å². The molecule has 0 aliphatic carbocycles. The Morgan fingerprint density at radius 2 is 1.73 bits per heavy atom. The predicted molar refractivity (Wildman–Crippen MR) is 43.6 cm³/mol. The molecule has 0 heterocycles. The summed E-state index contributed by atoms with van der Waals surface area (Å²) >= 11 is 0. The standard InChI is InChI=1S/C7H12O8/c1-2-7(13,14)15-4(6(11)12)3(8)5(9)10/h3-4,8,13-14H,2H2,1H3,(H,9,10)(H,11,12). The average Bonchev–Trinajstić information content (AvgIpc) is 2.12. The number of ether oxygens (including phenoxy) is 1. The van der Waals surface area contributed by atoms with Gasteiger partial charge in [0.1, 0.15) is 0 Å². The van der Waals surface area contributed by atoms with Crippen LogP contribution in [0.15, 0.2) is 0 Å². The molecule has 0 fully saturated rings. The van der Waals surface area contributed by atoms with E-state index in [9.17, 15) is 9.59 Å². The van der Waals surface area contributed by atoms with Crippen molar-refractivity contribution in [3.63, 3.8) is 0 Å². The number of hydrogen-bond donors (Lipinski definition) is 5. The largest absolute Gasteiger partial charge is 0.479 e. The summed E-state index contributed by atoms with van der Waals surface area (Å²) in [5.41, 5.74) is 0. The number of rotatable bonds is 6. The van der Waals surface area contributed by atoms with Crippen LogP contribution < -0.4 is 0 Å². The summed E-state index contributed by atoms with van der Waals surface area (Å²) in [5.74, 6) is -6.44. The van der Waals surface area contributed by atoms with Crippen molar-refractivity contribution in [2.45, 2.75) is 31.5 Å². The number of carboxylic acid groups (broad SMARTS) is 2. The van der Waals surface area contributed by atoms with E-state index in [1.807, 2.05) is 0 Å². The minimum Gasteiger partial charge on any atom is -0.479 e. The second-order valence-electron chi connectivity index (χ2n) is 2.76. The molecule has 88 valence electrons. The molecule has 0 aliphatic heterocycles. The summed E-state index contributed by atoms with van der Waals surface area (Å²) in [6.45, 7) is 1.27. The second kappa shape index (κ2) is 5.03. The SMILES string of the molecule is CCC(O)(O)OC(C(=O)O)C(O)C(=O)O. The van der Waals surface area contributed by atoms with E-state index < -0.39 is 30.1 Å². The molecule has 0 aromatic heterocycles. The van der Waals surface area contributed by atoms with Crippen LogP contribution in [0, 0.1) is 0 Å². The Morgan fingerprint density at radius 3 is 2.00 bits per heavy atom. The summed E-state index contributed by atoms with van der Waals surface area (Å²) in [5, 5.41) is 43.6. The minimum absolute atomic E-state index is 0.386. The maximum atomic E-state index is 10.5. The maximum Gasteiger partial charge on any atom is 0.336 e. The normalized spacial score (nSPS) is 15.7. The quantitative estimate of drug-likeness (QED) is 0.324. The van der Waals surface area contributed by atoms with Crippen LogP contribution in [-0.2, 0) is 14.3 Å². The molecular weight excluding hydrogens is 212 g/mol. The lowest BCUT2D eigenvalue weighted by Crippen LogP contribution is -2.48. The fraction of sp³-hybridized carbons (Fsp3) is 0.714. The van der Waals surface area contributed by atoms with Gasteiger partial charge in [0.25, 0.3) is 5.97 Å². The van der Waals surface area contributed by atoms with Gasteiger partial charge in [0.05, 0.1) is 0 Å². The first-order chi connectivity index (χ1) is 6.71. The molecule has 8 heteroatoms. The monoisotopic (exact) mass is 224 g/mol. The van der Waals surface area contributed by atoms with Crippen molar-refractivity contribution >= 4 is 11.9 Å². The molecule has 5 N–H and O–H groups in total. The molecule has 0 aromatic carbocycles. The average molecular weight is 224 g/mol. The van der Waals surface area contributed by atoms with Crippen LogP contribution in [0.5, 0.6) is 0 Å². The van der Waals surface area contributed by atoms with E-state index in [2.05, 4.69) is 4.74 Å². The lowest BCUT2D eigenvalue weighted by atomic mass is 10.2. The maximum absolute atomic E-state index is 10.5. The Kier molecular flexibility index (Phi) is 4.62. The molecular formula is C7H12O8. The topological polar surface area (TPSA) is 145 Å². The van der Waals surface area contributed by atoms with E-state index in [0.29, 0.717) is 0 Å². The fourth-order valence-corrected chi connectivity index (χ4v) is 0.666. The lowest BCUT2D eigenvalue weighted by Gasteiger charge is -2.25. The Morgan fingerprint density at radius 1 is 1.27 bits per heavy atom. The molecule has 0 radical (unpaired) electrons. The van der Waals surface area contributed by atoms with Gasteiger partial charge in [-0.25, -0.2) is 9.59 Å². The molecule has 2 unspecified atom stereocenters. The van der Waals surface area contributed by atoms with Crippen LogP contribution in [0.2, 0.25) is 0 Å². The van der Waals surface area contributed by atoms with Gasteiger partial charge in [0.2, 0.25) is 0 Å². The van der Waals surface area contributed by atoms with Gasteiger partial charge < -0.3 is 30.3 Å². The molecule has 0 amide bonds. The molecule has 2 atom stereocenters. The third-order valence-electron chi connectivity index (χ3n) is 1.56. The number of hydrogen-bond acceptors (Lipinski definition) is 6. The number of aliphatic hydroxyl groups excluding tert-OH is 1. The number of aliphatic carboxylic acids is 2. The van der Waals surface area contributed by atoms with Crippen molar-refractivity contribution in [1.82, 2.24) is 0 Å². The van der Waals surface area contributed by atoms with Crippen molar-refractivity contribution in [3.8, 4) is 0 Å². The second-order valence-corrected chi connectivity index (χ2v) is 2.76. The first-order valence-corrected chi connectivity index (χ1v) is 3.97. The van der Waals surface area contributed by atoms with E-state index in [1.165, 1.54) is 6.92 Å². The molecule has 0 aromatic rings. The minimum atomic E-state index is -2.79. The van der Waals surface area contributed by atoms with Gasteiger partial charge in [-0.15, -0.1) is 0 Å². The molecule has 15 heavy (non-hydrogen) atoms. The fourth-order valence-electron chi connectivity index (χ4n) is 0.666. The summed E-state index contributed by atoms with van der Waals surface area (Å²) in [4.78, 5) is 20.7. The number of carboxylic acids is 2. The highest BCUT2D eigenvalue weighted by Gasteiger charge is 2.39. The van der Waals surface area contributed by atoms with Crippen LogP contribution in [-0.4, -0.2) is 55.7 Å². The Balaban J connectivity index is 4.70. The highest BCUT2D eigenvalue weighted by atomic mass is 16.8. The van der Waals surface area contributed by atoms with Crippen molar-refractivity contribution in [2.24, 2.45) is 0 Å². The first-order valence-electron chi connectivity index (χ1n) is 3.97. The Labute approximate surface area is 84.3 Å². The number of carbonyl (C=O) groups is 2. The van der Waals surface area contributed by atoms with Gasteiger partial charge in [-0.05, 0) is 0 Å². The molecule has 0 spiro atoms. The molecule has 0 saturated carbocycles. The van der Waals surface area contributed by atoms with Gasteiger partial charge in [-0.1, -0.05) is 6.92 Å². The molecule has 8 nitrogen and oxygen atoms in total. The predicted octanol–water partition coefficient (Wildman–Crippen LogP) is -2.05. The highest BCUT2D eigenvalue weighted by molar-refractivity contribution is 5.83. The molecule has 0 saturated heterocycles. The molecule has 0 aliphatic rings. The van der Waals surface area contributed by atoms with Crippen LogP contribution >= 0.6 is 0 Å². The lowest BCUT2D eigenvalue weighted by molar-refractivity contribution is -0.357. The zero-order valence-electron chi connectivity index (χ0n) is 7.82. The zero-order valence-corrected chi connectivity index (χ0v) is 7.82. The molecule has 0 bridgehead atoms. The van der Waals surface area contributed by atoms with E-state index in [0.717, 1.165) is 0 Å². The summed E-state index contributed by atoms with van der Waals surface area (Å²) in [7, 11) is 0. The van der Waals surface area contributed by atoms with Crippen molar-refractivity contribution in [3.05, 3.63) is 0 Å². The number of aliphatic hydroxyl groups is 3. The van der Waals surface area contributed by atoms with Gasteiger partial charge >= 0.3 is 11.9 Å². The van der Waals surface area contributed by atoms with Gasteiger partial charge in [-0.2, -0.15) is 0 Å². The smallest absolute Gasteiger partial charge is 0.336 e. The third kappa shape index (κ3) is 4.21. The van der Waals surface area contributed by atoms with Crippen molar-refractivity contribution in [2.75, 3.05) is 0 Å².